The van der Waals surface area contributed by atoms with Crippen LogP contribution in [-0.2, 0) is 19.3 Å². The lowest BCUT2D eigenvalue weighted by atomic mass is 10.1. The van der Waals surface area contributed by atoms with Crippen molar-refractivity contribution in [1.82, 2.24) is 0 Å². The lowest BCUT2D eigenvalue weighted by Crippen LogP contribution is -2.21. The zero-order valence-electron chi connectivity index (χ0n) is 12.9. The van der Waals surface area contributed by atoms with Crippen molar-refractivity contribution in [2.45, 2.75) is 26.4 Å². The van der Waals surface area contributed by atoms with Gasteiger partial charge in [0, 0.05) is 6.08 Å². The Balaban J connectivity index is 2.81. The molecule has 0 spiro atoms. The number of aliphatic hydroxyl groups is 1. The van der Waals surface area contributed by atoms with Gasteiger partial charge in [-0.25, -0.2) is 24.2 Å². The molecule has 0 bridgehead atoms. The van der Waals surface area contributed by atoms with Crippen LogP contribution >= 0.6 is 0 Å². The van der Waals surface area contributed by atoms with E-state index in [2.05, 4.69) is 16.4 Å². The van der Waals surface area contributed by atoms with Gasteiger partial charge in [-0.1, -0.05) is 13.5 Å². The largest absolute Gasteiger partial charge is 0.456 e. The monoisotopic (exact) mass is 322 g/mol. The number of benzene rings is 1. The van der Waals surface area contributed by atoms with Crippen LogP contribution < -0.4 is 0 Å². The highest BCUT2D eigenvalue weighted by Crippen LogP contribution is 2.15. The Morgan fingerprint density at radius 1 is 1.26 bits per heavy atom. The molecule has 1 unspecified atom stereocenters. The molecule has 0 heterocycles. The fourth-order valence-electron chi connectivity index (χ4n) is 1.65. The normalized spacial score (nSPS) is 11.3. The highest BCUT2D eigenvalue weighted by atomic mass is 17.2. The second kappa shape index (κ2) is 8.70. The van der Waals surface area contributed by atoms with E-state index in [4.69, 9.17) is 9.84 Å². The molecular formula is C16H18O7. The summed E-state index contributed by atoms with van der Waals surface area (Å²) in [6, 6.07) is 4.18. The summed E-state index contributed by atoms with van der Waals surface area (Å²) < 4.78 is 5.10. The van der Waals surface area contributed by atoms with E-state index < -0.39 is 24.0 Å². The van der Waals surface area contributed by atoms with Gasteiger partial charge in [0.25, 0.3) is 0 Å². The van der Waals surface area contributed by atoms with E-state index in [-0.39, 0.29) is 17.7 Å². The summed E-state index contributed by atoms with van der Waals surface area (Å²) in [6.45, 7) is 6.27. The van der Waals surface area contributed by atoms with Crippen molar-refractivity contribution in [1.29, 1.82) is 0 Å². The molecule has 0 aliphatic carbocycles. The number of hydrogen-bond acceptors (Lipinski definition) is 7. The quantitative estimate of drug-likeness (QED) is 0.368. The molecule has 1 aromatic carbocycles. The Morgan fingerprint density at radius 3 is 2.48 bits per heavy atom. The minimum absolute atomic E-state index is 0.132. The lowest BCUT2D eigenvalue weighted by molar-refractivity contribution is -0.228. The molecule has 0 saturated heterocycles. The highest BCUT2D eigenvalue weighted by Gasteiger charge is 2.18. The second-order valence-electron chi connectivity index (χ2n) is 4.63. The molecule has 7 heteroatoms. The molecule has 7 nitrogen and oxygen atoms in total. The van der Waals surface area contributed by atoms with Crippen LogP contribution in [0.25, 0.3) is 0 Å². The van der Waals surface area contributed by atoms with Gasteiger partial charge in [-0.3, -0.25) is 0 Å². The summed E-state index contributed by atoms with van der Waals surface area (Å²) in [5, 5.41) is 9.03. The van der Waals surface area contributed by atoms with Gasteiger partial charge in [0.2, 0.25) is 0 Å². The van der Waals surface area contributed by atoms with Crippen LogP contribution in [0, 0.1) is 6.92 Å². The molecule has 1 N–H and O–H groups in total. The summed E-state index contributed by atoms with van der Waals surface area (Å²) in [6.07, 6.45) is 0.760. The van der Waals surface area contributed by atoms with Crippen LogP contribution in [0.1, 0.15) is 39.6 Å². The zero-order valence-corrected chi connectivity index (χ0v) is 12.9. The van der Waals surface area contributed by atoms with Crippen LogP contribution in [0.4, 0.5) is 0 Å². The number of carbonyl (C=O) groups is 3. The average molecular weight is 322 g/mol. The third-order valence-corrected chi connectivity index (χ3v) is 2.98. The number of hydrogen-bond donors (Lipinski definition) is 1. The molecule has 0 radical (unpaired) electrons. The zero-order chi connectivity index (χ0) is 17.4. The Kier molecular flexibility index (Phi) is 6.95. The van der Waals surface area contributed by atoms with Crippen LogP contribution in [0.3, 0.4) is 0 Å². The van der Waals surface area contributed by atoms with Crippen LogP contribution in [0.2, 0.25) is 0 Å². The van der Waals surface area contributed by atoms with Crippen molar-refractivity contribution in [2.24, 2.45) is 0 Å². The van der Waals surface area contributed by atoms with Gasteiger partial charge in [0.1, 0.15) is 6.10 Å². The smallest absolute Gasteiger partial charge is 0.386 e. The minimum atomic E-state index is -0.897. The van der Waals surface area contributed by atoms with Gasteiger partial charge in [-0.15, -0.1) is 0 Å². The number of esters is 1. The van der Waals surface area contributed by atoms with E-state index >= 15 is 0 Å². The molecular weight excluding hydrogens is 304 g/mol. The van der Waals surface area contributed by atoms with Crippen LogP contribution in [0.5, 0.6) is 0 Å². The molecule has 0 aliphatic heterocycles. The number of carbonyl (C=O) groups excluding carboxylic acids is 3. The number of rotatable bonds is 6. The van der Waals surface area contributed by atoms with E-state index in [1.54, 1.807) is 13.8 Å². The van der Waals surface area contributed by atoms with Crippen molar-refractivity contribution in [3.05, 3.63) is 47.5 Å². The summed E-state index contributed by atoms with van der Waals surface area (Å²) in [5.74, 6) is -2.38. The molecule has 0 saturated carbocycles. The molecule has 1 aromatic rings. The molecule has 1 atom stereocenters. The van der Waals surface area contributed by atoms with Gasteiger partial charge in [0.15, 0.2) is 0 Å². The molecule has 124 valence electrons. The van der Waals surface area contributed by atoms with Crippen molar-refractivity contribution >= 4 is 17.9 Å². The summed E-state index contributed by atoms with van der Waals surface area (Å²) in [4.78, 5) is 43.1. The fourth-order valence-corrected chi connectivity index (χ4v) is 1.65. The first-order valence-corrected chi connectivity index (χ1v) is 6.90. The Labute approximate surface area is 133 Å². The average Bonchev–Trinajstić information content (AvgIpc) is 2.56. The molecule has 0 aromatic heterocycles. The maximum atomic E-state index is 11.9. The van der Waals surface area contributed by atoms with Gasteiger partial charge in [-0.05, 0) is 37.1 Å². The first-order chi connectivity index (χ1) is 10.9. The van der Waals surface area contributed by atoms with Crippen LogP contribution in [0.15, 0.2) is 30.9 Å². The van der Waals surface area contributed by atoms with Crippen molar-refractivity contribution in [3.63, 3.8) is 0 Å². The third kappa shape index (κ3) is 5.23. The first kappa shape index (κ1) is 18.4. The molecule has 0 amide bonds. The molecule has 1 rings (SSSR count). The molecule has 0 fully saturated rings. The van der Waals surface area contributed by atoms with Gasteiger partial charge < -0.3 is 9.84 Å². The van der Waals surface area contributed by atoms with Gasteiger partial charge in [-0.2, -0.15) is 0 Å². The summed E-state index contributed by atoms with van der Waals surface area (Å²) >= 11 is 0. The van der Waals surface area contributed by atoms with Gasteiger partial charge >= 0.3 is 17.9 Å². The first-order valence-electron chi connectivity index (χ1n) is 6.90. The SMILES string of the molecule is C=CC(=O)OOC(=O)c1ccc(C(=O)OC(CC)CO)cc1C. The molecule has 23 heavy (non-hydrogen) atoms. The fraction of sp³-hybridized carbons (Fsp3) is 0.312. The van der Waals surface area contributed by atoms with E-state index in [0.29, 0.717) is 12.0 Å². The van der Waals surface area contributed by atoms with Gasteiger partial charge in [0.05, 0.1) is 17.7 Å². The Morgan fingerprint density at radius 2 is 1.96 bits per heavy atom. The van der Waals surface area contributed by atoms with Crippen molar-refractivity contribution in [2.75, 3.05) is 6.61 Å². The van der Waals surface area contributed by atoms with E-state index in [0.717, 1.165) is 6.08 Å². The third-order valence-electron chi connectivity index (χ3n) is 2.98. The van der Waals surface area contributed by atoms with E-state index in [1.165, 1.54) is 18.2 Å². The standard InChI is InChI=1S/C16H18O7/c1-4-12(9-17)21-15(19)11-6-7-13(10(3)8-11)16(20)23-22-14(18)5-2/h5-8,12,17H,2,4,9H2,1,3H3. The summed E-state index contributed by atoms with van der Waals surface area (Å²) in [7, 11) is 0. The number of aliphatic hydroxyl groups excluding tert-OH is 1. The maximum absolute atomic E-state index is 11.9. The minimum Gasteiger partial charge on any atom is -0.456 e. The predicted molar refractivity (Wildman–Crippen MR) is 79.5 cm³/mol. The van der Waals surface area contributed by atoms with E-state index in [9.17, 15) is 14.4 Å². The topological polar surface area (TPSA) is 99.1 Å². The maximum Gasteiger partial charge on any atom is 0.386 e. The van der Waals surface area contributed by atoms with Crippen molar-refractivity contribution in [3.8, 4) is 0 Å². The Bertz CT molecular complexity index is 602. The Hall–Kier alpha value is -2.67. The lowest BCUT2D eigenvalue weighted by Gasteiger charge is -2.13. The van der Waals surface area contributed by atoms with Crippen molar-refractivity contribution < 1.29 is 34.0 Å². The summed E-state index contributed by atoms with van der Waals surface area (Å²) in [5.41, 5.74) is 0.804. The highest BCUT2D eigenvalue weighted by molar-refractivity contribution is 5.95. The van der Waals surface area contributed by atoms with E-state index in [1.807, 2.05) is 0 Å². The number of aryl methyl sites for hydroxylation is 1. The second-order valence-corrected chi connectivity index (χ2v) is 4.63. The number of ether oxygens (including phenoxy) is 1. The molecule has 0 aliphatic rings. The predicted octanol–water partition coefficient (Wildman–Crippen LogP) is 1.72. The van der Waals surface area contributed by atoms with Crippen LogP contribution in [-0.4, -0.2) is 35.7 Å².